The van der Waals surface area contributed by atoms with Gasteiger partial charge in [-0.15, -0.1) is 0 Å². The van der Waals surface area contributed by atoms with Gasteiger partial charge in [0, 0.05) is 37.0 Å². The van der Waals surface area contributed by atoms with E-state index in [0.29, 0.717) is 6.04 Å². The Kier molecular flexibility index (Phi) is 2.07. The van der Waals surface area contributed by atoms with Crippen LogP contribution in [0.1, 0.15) is 0 Å². The molecule has 1 aromatic rings. The predicted molar refractivity (Wildman–Crippen MR) is 60.4 cm³/mol. The molecule has 84 valence electrons. The van der Waals surface area contributed by atoms with E-state index in [-0.39, 0.29) is 10.6 Å². The van der Waals surface area contributed by atoms with Crippen molar-refractivity contribution in [2.24, 2.45) is 11.8 Å². The van der Waals surface area contributed by atoms with Crippen LogP contribution in [-0.2, 0) is 0 Å². The van der Waals surface area contributed by atoms with Gasteiger partial charge in [0.1, 0.15) is 0 Å². The number of hydrogen-bond donors (Lipinski definition) is 2. The first-order valence-corrected chi connectivity index (χ1v) is 5.47. The highest BCUT2D eigenvalue weighted by molar-refractivity contribution is 5.50. The highest BCUT2D eigenvalue weighted by Crippen LogP contribution is 2.43. The lowest BCUT2D eigenvalue weighted by Crippen LogP contribution is -2.21. The van der Waals surface area contributed by atoms with E-state index in [4.69, 9.17) is 0 Å². The lowest BCUT2D eigenvalue weighted by molar-refractivity contribution is -0.384. The number of benzene rings is 1. The van der Waals surface area contributed by atoms with Gasteiger partial charge in [-0.25, -0.2) is 0 Å². The molecule has 2 aliphatic rings. The van der Waals surface area contributed by atoms with Crippen molar-refractivity contribution in [2.75, 3.05) is 18.4 Å². The molecule has 2 atom stereocenters. The van der Waals surface area contributed by atoms with Gasteiger partial charge in [0.2, 0.25) is 0 Å². The molecule has 0 bridgehead atoms. The molecule has 2 N–H and O–H groups in total. The molecule has 2 unspecified atom stereocenters. The van der Waals surface area contributed by atoms with E-state index < -0.39 is 0 Å². The summed E-state index contributed by atoms with van der Waals surface area (Å²) in [6.45, 7) is 2.19. The molecule has 2 fully saturated rings. The van der Waals surface area contributed by atoms with Gasteiger partial charge in [0.15, 0.2) is 0 Å². The van der Waals surface area contributed by atoms with Gasteiger partial charge in [-0.2, -0.15) is 0 Å². The zero-order chi connectivity index (χ0) is 11.1. The summed E-state index contributed by atoms with van der Waals surface area (Å²) < 4.78 is 0. The fourth-order valence-corrected chi connectivity index (χ4v) is 2.50. The molecule has 1 saturated heterocycles. The van der Waals surface area contributed by atoms with Gasteiger partial charge >= 0.3 is 0 Å². The van der Waals surface area contributed by atoms with Gasteiger partial charge in [-0.05, 0) is 24.0 Å². The fraction of sp³-hybridized carbons (Fsp3) is 0.455. The van der Waals surface area contributed by atoms with Crippen molar-refractivity contribution in [1.82, 2.24) is 5.32 Å². The monoisotopic (exact) mass is 219 g/mol. The van der Waals surface area contributed by atoms with Crippen molar-refractivity contribution in [2.45, 2.75) is 6.04 Å². The molecule has 1 aliphatic heterocycles. The fourth-order valence-electron chi connectivity index (χ4n) is 2.50. The van der Waals surface area contributed by atoms with Crippen LogP contribution in [0, 0.1) is 22.0 Å². The van der Waals surface area contributed by atoms with E-state index >= 15 is 0 Å². The van der Waals surface area contributed by atoms with Crippen LogP contribution in [0.4, 0.5) is 11.4 Å². The summed E-state index contributed by atoms with van der Waals surface area (Å²) in [5, 5.41) is 17.2. The van der Waals surface area contributed by atoms with Crippen LogP contribution >= 0.6 is 0 Å². The highest BCUT2D eigenvalue weighted by atomic mass is 16.6. The molecule has 1 heterocycles. The number of nitrogens with one attached hydrogen (secondary N) is 2. The number of non-ortho nitro benzene ring substituents is 1. The van der Waals surface area contributed by atoms with Crippen molar-refractivity contribution in [3.63, 3.8) is 0 Å². The summed E-state index contributed by atoms with van der Waals surface area (Å²) in [6, 6.07) is 7.19. The Labute approximate surface area is 93.0 Å². The molecule has 0 aromatic heterocycles. The van der Waals surface area contributed by atoms with E-state index in [0.717, 1.165) is 30.6 Å². The van der Waals surface area contributed by atoms with Crippen LogP contribution < -0.4 is 10.6 Å². The summed E-state index contributed by atoms with van der Waals surface area (Å²) in [5.41, 5.74) is 1.12. The van der Waals surface area contributed by atoms with Crippen LogP contribution in [0.2, 0.25) is 0 Å². The summed E-state index contributed by atoms with van der Waals surface area (Å²) in [6.07, 6.45) is 0. The topological polar surface area (TPSA) is 67.2 Å². The van der Waals surface area contributed by atoms with Crippen molar-refractivity contribution >= 4 is 11.4 Å². The second-order valence-electron chi connectivity index (χ2n) is 4.46. The second kappa shape index (κ2) is 3.45. The van der Waals surface area contributed by atoms with E-state index in [9.17, 15) is 10.1 Å². The van der Waals surface area contributed by atoms with Gasteiger partial charge < -0.3 is 10.6 Å². The second-order valence-corrected chi connectivity index (χ2v) is 4.46. The zero-order valence-corrected chi connectivity index (χ0v) is 8.72. The van der Waals surface area contributed by atoms with Crippen molar-refractivity contribution in [1.29, 1.82) is 0 Å². The van der Waals surface area contributed by atoms with E-state index in [1.807, 2.05) is 0 Å². The molecule has 0 amide bonds. The molecule has 0 spiro atoms. The van der Waals surface area contributed by atoms with E-state index in [1.165, 1.54) is 0 Å². The summed E-state index contributed by atoms with van der Waals surface area (Å²) in [5.74, 6) is 1.49. The smallest absolute Gasteiger partial charge is 0.269 e. The average Bonchev–Trinajstić information content (AvgIpc) is 2.75. The third kappa shape index (κ3) is 1.53. The molecular formula is C11H13N3O2. The Morgan fingerprint density at radius 3 is 2.44 bits per heavy atom. The van der Waals surface area contributed by atoms with E-state index in [1.54, 1.807) is 24.3 Å². The lowest BCUT2D eigenvalue weighted by atomic mass is 10.2. The Morgan fingerprint density at radius 2 is 1.88 bits per heavy atom. The minimum Gasteiger partial charge on any atom is -0.382 e. The number of nitro groups is 1. The maximum atomic E-state index is 10.5. The third-order valence-corrected chi connectivity index (χ3v) is 3.50. The number of rotatable bonds is 3. The standard InChI is InChI=1S/C11H13N3O2/c15-14(16)8-3-1-7(2-4-8)13-11-9-5-12-6-10(9)11/h1-4,9-13H,5-6H2. The summed E-state index contributed by atoms with van der Waals surface area (Å²) in [7, 11) is 0. The Morgan fingerprint density at radius 1 is 1.25 bits per heavy atom. The SMILES string of the molecule is O=[N+]([O-])c1ccc(NC2C3CNCC32)cc1. The minimum absolute atomic E-state index is 0.142. The number of hydrogen-bond acceptors (Lipinski definition) is 4. The zero-order valence-electron chi connectivity index (χ0n) is 8.72. The summed E-state index contributed by atoms with van der Waals surface area (Å²) >= 11 is 0. The summed E-state index contributed by atoms with van der Waals surface area (Å²) in [4.78, 5) is 10.1. The highest BCUT2D eigenvalue weighted by Gasteiger charge is 2.52. The lowest BCUT2D eigenvalue weighted by Gasteiger charge is -2.08. The van der Waals surface area contributed by atoms with Gasteiger partial charge in [-0.1, -0.05) is 0 Å². The minimum atomic E-state index is -0.375. The van der Waals surface area contributed by atoms with Crippen molar-refractivity contribution in [3.05, 3.63) is 34.4 Å². The molecule has 1 aromatic carbocycles. The molecule has 5 nitrogen and oxygen atoms in total. The maximum Gasteiger partial charge on any atom is 0.269 e. The molecule has 0 radical (unpaired) electrons. The van der Waals surface area contributed by atoms with Crippen molar-refractivity contribution in [3.8, 4) is 0 Å². The third-order valence-electron chi connectivity index (χ3n) is 3.50. The van der Waals surface area contributed by atoms with Crippen LogP contribution in [0.15, 0.2) is 24.3 Å². The van der Waals surface area contributed by atoms with Gasteiger partial charge in [0.05, 0.1) is 4.92 Å². The van der Waals surface area contributed by atoms with Crippen LogP contribution in [0.3, 0.4) is 0 Å². The number of fused-ring (bicyclic) bond motifs is 1. The number of nitro benzene ring substituents is 1. The van der Waals surface area contributed by atoms with Gasteiger partial charge in [0.25, 0.3) is 5.69 Å². The molecule has 16 heavy (non-hydrogen) atoms. The molecule has 3 rings (SSSR count). The Balaban J connectivity index is 1.65. The normalized spacial score (nSPS) is 30.9. The first-order valence-electron chi connectivity index (χ1n) is 5.47. The first kappa shape index (κ1) is 9.59. The van der Waals surface area contributed by atoms with Gasteiger partial charge in [-0.3, -0.25) is 10.1 Å². The Hall–Kier alpha value is -1.62. The number of nitrogens with zero attached hydrogens (tertiary/aromatic N) is 1. The molecule has 1 aliphatic carbocycles. The van der Waals surface area contributed by atoms with Crippen LogP contribution in [0.25, 0.3) is 0 Å². The largest absolute Gasteiger partial charge is 0.382 e. The number of piperidine rings is 1. The van der Waals surface area contributed by atoms with Crippen molar-refractivity contribution < 1.29 is 4.92 Å². The van der Waals surface area contributed by atoms with Crippen LogP contribution in [-0.4, -0.2) is 24.1 Å². The quantitative estimate of drug-likeness (QED) is 0.592. The molecule has 5 heteroatoms. The average molecular weight is 219 g/mol. The predicted octanol–water partition coefficient (Wildman–Crippen LogP) is 1.22. The molecular weight excluding hydrogens is 206 g/mol. The first-order chi connectivity index (χ1) is 7.75. The van der Waals surface area contributed by atoms with Crippen LogP contribution in [0.5, 0.6) is 0 Å². The maximum absolute atomic E-state index is 10.5. The Bertz CT molecular complexity index is 408. The van der Waals surface area contributed by atoms with E-state index in [2.05, 4.69) is 10.6 Å². The number of anilines is 1. The molecule has 1 saturated carbocycles.